The van der Waals surface area contributed by atoms with Gasteiger partial charge in [0, 0.05) is 34.5 Å². The number of aliphatic hydroxyl groups excluding tert-OH is 1. The molecule has 32 heavy (non-hydrogen) atoms. The minimum absolute atomic E-state index is 0. The molecule has 1 aromatic carbocycles. The number of aliphatic hydroxyl groups is 1. The van der Waals surface area contributed by atoms with E-state index in [2.05, 4.69) is 4.98 Å². The van der Waals surface area contributed by atoms with E-state index in [9.17, 15) is 15.0 Å². The van der Waals surface area contributed by atoms with E-state index in [-0.39, 0.29) is 53.8 Å². The average molecular weight is 460 g/mol. The summed E-state index contributed by atoms with van der Waals surface area (Å²) in [5.74, 6) is 0.364. The first-order valence-corrected chi connectivity index (χ1v) is 10.6. The van der Waals surface area contributed by atoms with Gasteiger partial charge in [-0.25, -0.2) is 4.98 Å². The number of pyridine rings is 1. The molecule has 3 rings (SSSR count). The van der Waals surface area contributed by atoms with Crippen LogP contribution in [0.15, 0.2) is 18.2 Å². The van der Waals surface area contributed by atoms with E-state index in [0.717, 1.165) is 22.3 Å². The molecular weight excluding hydrogens is 426 g/mol. The Morgan fingerprint density at radius 2 is 1.62 bits per heavy atom. The van der Waals surface area contributed by atoms with E-state index < -0.39 is 0 Å². The van der Waals surface area contributed by atoms with Gasteiger partial charge in [0.05, 0.1) is 13.2 Å². The smallest absolute Gasteiger partial charge is 0.182 e. The van der Waals surface area contributed by atoms with Crippen molar-refractivity contribution in [3.8, 4) is 5.75 Å². The highest BCUT2D eigenvalue weighted by Crippen LogP contribution is 2.40. The van der Waals surface area contributed by atoms with Gasteiger partial charge in [-0.15, -0.1) is 12.4 Å². The quantitative estimate of drug-likeness (QED) is 0.579. The van der Waals surface area contributed by atoms with Gasteiger partial charge < -0.3 is 15.1 Å². The molecule has 6 nitrogen and oxygen atoms in total. The minimum Gasteiger partial charge on any atom is -0.507 e. The van der Waals surface area contributed by atoms with Crippen LogP contribution < -0.4 is 0 Å². The Morgan fingerprint density at radius 1 is 1.09 bits per heavy atom. The van der Waals surface area contributed by atoms with Crippen molar-refractivity contribution in [2.75, 3.05) is 6.54 Å². The molecule has 2 aromatic rings. The van der Waals surface area contributed by atoms with Crippen LogP contribution in [0.5, 0.6) is 5.75 Å². The first-order chi connectivity index (χ1) is 14.2. The van der Waals surface area contributed by atoms with Crippen molar-refractivity contribution >= 4 is 24.0 Å². The van der Waals surface area contributed by atoms with Crippen molar-refractivity contribution in [3.05, 3.63) is 57.4 Å². The zero-order valence-corrected chi connectivity index (χ0v) is 20.8. The van der Waals surface area contributed by atoms with E-state index in [1.165, 1.54) is 0 Å². The molecule has 0 spiro atoms. The van der Waals surface area contributed by atoms with Crippen molar-refractivity contribution in [2.45, 2.75) is 72.4 Å². The largest absolute Gasteiger partial charge is 0.507 e. The number of phenolic OH excluding ortho intramolecular Hbond substituents is 1. The van der Waals surface area contributed by atoms with E-state index in [1.807, 2.05) is 54.5 Å². The third-order valence-electron chi connectivity index (χ3n) is 5.85. The number of amidine groups is 1. The minimum atomic E-state index is -0.320. The highest BCUT2D eigenvalue weighted by atomic mass is 35.5. The highest BCUT2D eigenvalue weighted by Gasteiger charge is 2.31. The molecule has 7 heteroatoms. The lowest BCUT2D eigenvalue weighted by Gasteiger charge is -2.28. The van der Waals surface area contributed by atoms with Gasteiger partial charge in [-0.05, 0) is 41.5 Å². The predicted octanol–water partition coefficient (Wildman–Crippen LogP) is 4.63. The fourth-order valence-electron chi connectivity index (χ4n) is 3.95. The molecule has 1 aliphatic rings. The maximum Gasteiger partial charge on any atom is 0.182 e. The summed E-state index contributed by atoms with van der Waals surface area (Å²) in [6.45, 7) is 14.3. The number of Topliss-reactive ketones (excluding diaryl/α,β-unsaturated/α-hetero) is 1. The van der Waals surface area contributed by atoms with Gasteiger partial charge in [-0.2, -0.15) is 0 Å². The van der Waals surface area contributed by atoms with Crippen LogP contribution >= 0.6 is 12.4 Å². The SMILES string of the molecule is Cc1nc2c(cc1CO)CN(CC(=O)c1cc(C(C)(C)C)c(O)c(C(C)(C)C)c1)C2=N.Cl. The summed E-state index contributed by atoms with van der Waals surface area (Å²) in [5.41, 5.74) is 4.24. The second kappa shape index (κ2) is 8.83. The van der Waals surface area contributed by atoms with E-state index in [0.29, 0.717) is 23.5 Å². The highest BCUT2D eigenvalue weighted by molar-refractivity contribution is 6.04. The number of hydrogen-bond donors (Lipinski definition) is 3. The van der Waals surface area contributed by atoms with Crippen LogP contribution in [0.1, 0.15) is 85.5 Å². The average Bonchev–Trinajstić information content (AvgIpc) is 2.94. The van der Waals surface area contributed by atoms with Crippen molar-refractivity contribution in [2.24, 2.45) is 0 Å². The molecule has 0 atom stereocenters. The molecule has 174 valence electrons. The summed E-state index contributed by atoms with van der Waals surface area (Å²) in [4.78, 5) is 19.5. The molecule has 1 aliphatic heterocycles. The second-order valence-electron chi connectivity index (χ2n) is 10.4. The summed E-state index contributed by atoms with van der Waals surface area (Å²) in [7, 11) is 0. The number of aromatic nitrogens is 1. The Bertz CT molecular complexity index is 1030. The van der Waals surface area contributed by atoms with Gasteiger partial charge in [0.1, 0.15) is 17.3 Å². The number of hydrogen-bond acceptors (Lipinski definition) is 5. The fraction of sp³-hybridized carbons (Fsp3) is 0.480. The van der Waals surface area contributed by atoms with Crippen LogP contribution in [-0.2, 0) is 24.0 Å². The molecule has 1 aromatic heterocycles. The van der Waals surface area contributed by atoms with Crippen molar-refractivity contribution in [3.63, 3.8) is 0 Å². The molecule has 0 radical (unpaired) electrons. The third kappa shape index (κ3) is 4.81. The van der Waals surface area contributed by atoms with Gasteiger partial charge in [0.15, 0.2) is 5.78 Å². The van der Waals surface area contributed by atoms with Crippen LogP contribution in [0, 0.1) is 12.3 Å². The maximum atomic E-state index is 13.3. The van der Waals surface area contributed by atoms with E-state index in [4.69, 9.17) is 5.41 Å². The maximum absolute atomic E-state index is 13.3. The van der Waals surface area contributed by atoms with Crippen molar-refractivity contribution in [1.29, 1.82) is 5.41 Å². The molecule has 0 bridgehead atoms. The zero-order valence-electron chi connectivity index (χ0n) is 20.0. The van der Waals surface area contributed by atoms with Crippen molar-refractivity contribution in [1.82, 2.24) is 9.88 Å². The normalized spacial score (nSPS) is 13.8. The molecule has 0 saturated heterocycles. The Morgan fingerprint density at radius 3 is 2.09 bits per heavy atom. The first kappa shape index (κ1) is 25.8. The summed E-state index contributed by atoms with van der Waals surface area (Å²) in [5, 5.41) is 28.9. The molecule has 0 unspecified atom stereocenters. The lowest BCUT2D eigenvalue weighted by Crippen LogP contribution is -2.31. The van der Waals surface area contributed by atoms with Gasteiger partial charge in [-0.3, -0.25) is 10.2 Å². The first-order valence-electron chi connectivity index (χ1n) is 10.6. The molecule has 0 saturated carbocycles. The number of carbonyl (C=O) groups is 1. The Hall–Kier alpha value is -2.44. The Balaban J connectivity index is 0.00000363. The number of phenols is 1. The van der Waals surface area contributed by atoms with Crippen LogP contribution in [0.2, 0.25) is 0 Å². The number of aromatic hydroxyl groups is 1. The molecular formula is C25H34ClN3O3. The number of nitrogens with zero attached hydrogens (tertiary/aromatic N) is 2. The van der Waals surface area contributed by atoms with Crippen LogP contribution in [-0.4, -0.2) is 38.3 Å². The monoisotopic (exact) mass is 459 g/mol. The van der Waals surface area contributed by atoms with E-state index >= 15 is 0 Å². The number of carbonyl (C=O) groups excluding carboxylic acids is 1. The Kier molecular flexibility index (Phi) is 7.13. The lowest BCUT2D eigenvalue weighted by atomic mass is 9.78. The number of fused-ring (bicyclic) bond motifs is 1. The van der Waals surface area contributed by atoms with Crippen LogP contribution in [0.25, 0.3) is 0 Å². The molecule has 0 fully saturated rings. The number of nitrogens with one attached hydrogen (secondary N) is 1. The van der Waals surface area contributed by atoms with Gasteiger partial charge in [0.2, 0.25) is 0 Å². The van der Waals surface area contributed by atoms with E-state index in [1.54, 1.807) is 17.0 Å². The number of benzene rings is 1. The zero-order chi connectivity index (χ0) is 23.3. The van der Waals surface area contributed by atoms with Crippen LogP contribution in [0.3, 0.4) is 0 Å². The standard InChI is InChI=1S/C25H33N3O3.ClH/c1-14-17(13-29)8-16-11-28(23(26)21(16)27-14)12-20(30)15-9-18(24(2,3)4)22(31)19(10-15)25(5,6)7;/h8-10,26,29,31H,11-13H2,1-7H3;1H. The molecule has 3 N–H and O–H groups in total. The molecule has 2 heterocycles. The summed E-state index contributed by atoms with van der Waals surface area (Å²) < 4.78 is 0. The summed E-state index contributed by atoms with van der Waals surface area (Å²) >= 11 is 0. The third-order valence-corrected chi connectivity index (χ3v) is 5.85. The lowest BCUT2D eigenvalue weighted by molar-refractivity contribution is 0.0962. The topological polar surface area (TPSA) is 97.5 Å². The number of halogens is 1. The number of aryl methyl sites for hydroxylation is 1. The Labute approximate surface area is 196 Å². The second-order valence-corrected chi connectivity index (χ2v) is 10.4. The van der Waals surface area contributed by atoms with Crippen molar-refractivity contribution < 1.29 is 15.0 Å². The van der Waals surface area contributed by atoms with Crippen LogP contribution in [0.4, 0.5) is 0 Å². The molecule has 0 amide bonds. The summed E-state index contributed by atoms with van der Waals surface area (Å²) in [6, 6.07) is 5.44. The fourth-order valence-corrected chi connectivity index (χ4v) is 3.95. The predicted molar refractivity (Wildman–Crippen MR) is 129 cm³/mol. The number of rotatable bonds is 4. The van der Waals surface area contributed by atoms with Gasteiger partial charge in [0.25, 0.3) is 0 Å². The van der Waals surface area contributed by atoms with Gasteiger partial charge >= 0.3 is 0 Å². The summed E-state index contributed by atoms with van der Waals surface area (Å²) in [6.07, 6.45) is 0. The molecule has 0 aliphatic carbocycles. The number of ketones is 1. The van der Waals surface area contributed by atoms with Gasteiger partial charge in [-0.1, -0.05) is 41.5 Å².